The van der Waals surface area contributed by atoms with Gasteiger partial charge in [-0.1, -0.05) is 6.92 Å². The Kier molecular flexibility index (Phi) is 5.23. The van der Waals surface area contributed by atoms with E-state index in [2.05, 4.69) is 33.4 Å². The van der Waals surface area contributed by atoms with Crippen LogP contribution in [0, 0.1) is 0 Å². The monoisotopic (exact) mass is 344 g/mol. The van der Waals surface area contributed by atoms with Crippen molar-refractivity contribution >= 4 is 15.9 Å². The average Bonchev–Trinajstić information content (AvgIpc) is 2.68. The van der Waals surface area contributed by atoms with E-state index in [-0.39, 0.29) is 11.6 Å². The Labute approximate surface area is 129 Å². The molecule has 2 rings (SSSR count). The minimum atomic E-state index is 0.0235. The standard InChI is InChI=1S/C14H25BrN4O/c1-4-11-13(15)12(19(2)18-11)8-10(17-16)9-14(20-3)6-5-7-14/h10,17H,4-9,16H2,1-3H3. The molecule has 0 radical (unpaired) electrons. The summed E-state index contributed by atoms with van der Waals surface area (Å²) in [5.41, 5.74) is 5.26. The van der Waals surface area contributed by atoms with Gasteiger partial charge in [-0.2, -0.15) is 5.10 Å². The second-order valence-electron chi connectivity index (χ2n) is 5.70. The zero-order chi connectivity index (χ0) is 14.8. The number of nitrogens with zero attached hydrogens (tertiary/aromatic N) is 2. The lowest BCUT2D eigenvalue weighted by Crippen LogP contribution is -2.48. The third-order valence-corrected chi connectivity index (χ3v) is 5.41. The quantitative estimate of drug-likeness (QED) is 0.587. The fourth-order valence-electron chi connectivity index (χ4n) is 2.98. The third kappa shape index (κ3) is 3.08. The first-order valence-corrected chi connectivity index (χ1v) is 8.06. The molecule has 1 aliphatic rings. The highest BCUT2D eigenvalue weighted by Crippen LogP contribution is 2.39. The van der Waals surface area contributed by atoms with Crippen molar-refractivity contribution in [1.82, 2.24) is 15.2 Å². The molecule has 0 bridgehead atoms. The topological polar surface area (TPSA) is 65.1 Å². The zero-order valence-corrected chi connectivity index (χ0v) is 14.2. The highest BCUT2D eigenvalue weighted by Gasteiger charge is 2.39. The van der Waals surface area contributed by atoms with E-state index >= 15 is 0 Å². The first kappa shape index (κ1) is 15.9. The van der Waals surface area contributed by atoms with Crippen molar-refractivity contribution in [1.29, 1.82) is 0 Å². The van der Waals surface area contributed by atoms with Crippen LogP contribution >= 0.6 is 15.9 Å². The second-order valence-corrected chi connectivity index (χ2v) is 6.49. The normalized spacial score (nSPS) is 18.9. The second kappa shape index (κ2) is 6.56. The SMILES string of the molecule is CCc1nn(C)c(CC(CC2(OC)CCC2)NN)c1Br. The molecule has 5 nitrogen and oxygen atoms in total. The lowest BCUT2D eigenvalue weighted by molar-refractivity contribution is -0.0835. The number of nitrogens with two attached hydrogens (primary N) is 1. The van der Waals surface area contributed by atoms with Crippen molar-refractivity contribution in [2.24, 2.45) is 12.9 Å². The van der Waals surface area contributed by atoms with E-state index in [1.807, 2.05) is 18.8 Å². The summed E-state index contributed by atoms with van der Waals surface area (Å²) in [4.78, 5) is 0. The molecule has 0 spiro atoms. The van der Waals surface area contributed by atoms with Crippen LogP contribution in [0.2, 0.25) is 0 Å². The van der Waals surface area contributed by atoms with E-state index in [1.165, 1.54) is 12.1 Å². The van der Waals surface area contributed by atoms with E-state index in [0.29, 0.717) is 0 Å². The number of aryl methyl sites for hydroxylation is 2. The van der Waals surface area contributed by atoms with Gasteiger partial charge in [-0.05, 0) is 48.0 Å². The molecule has 1 unspecified atom stereocenters. The first-order valence-electron chi connectivity index (χ1n) is 7.26. The van der Waals surface area contributed by atoms with Crippen molar-refractivity contribution in [3.8, 4) is 0 Å². The highest BCUT2D eigenvalue weighted by molar-refractivity contribution is 9.10. The lowest BCUT2D eigenvalue weighted by atomic mass is 9.75. The van der Waals surface area contributed by atoms with Gasteiger partial charge in [0.1, 0.15) is 0 Å². The number of hydrogen-bond acceptors (Lipinski definition) is 4. The molecule has 1 aromatic heterocycles. The summed E-state index contributed by atoms with van der Waals surface area (Å²) in [6.07, 6.45) is 6.24. The van der Waals surface area contributed by atoms with Gasteiger partial charge in [0.2, 0.25) is 0 Å². The van der Waals surface area contributed by atoms with Gasteiger partial charge in [-0.25, -0.2) is 0 Å². The molecule has 114 valence electrons. The molecular weight excluding hydrogens is 320 g/mol. The summed E-state index contributed by atoms with van der Waals surface area (Å²) in [5, 5.41) is 4.54. The molecule has 0 saturated heterocycles. The lowest BCUT2D eigenvalue weighted by Gasteiger charge is -2.42. The fourth-order valence-corrected chi connectivity index (χ4v) is 3.75. The van der Waals surface area contributed by atoms with Crippen LogP contribution in [-0.4, -0.2) is 28.5 Å². The van der Waals surface area contributed by atoms with Crippen molar-refractivity contribution in [3.63, 3.8) is 0 Å². The Hall–Kier alpha value is -0.430. The smallest absolute Gasteiger partial charge is 0.0766 e. The van der Waals surface area contributed by atoms with Crippen molar-refractivity contribution in [3.05, 3.63) is 15.9 Å². The summed E-state index contributed by atoms with van der Waals surface area (Å²) in [5.74, 6) is 5.75. The van der Waals surface area contributed by atoms with Crippen molar-refractivity contribution in [2.75, 3.05) is 7.11 Å². The molecule has 0 aromatic carbocycles. The van der Waals surface area contributed by atoms with E-state index in [0.717, 1.165) is 42.3 Å². The van der Waals surface area contributed by atoms with Crippen LogP contribution in [0.5, 0.6) is 0 Å². The van der Waals surface area contributed by atoms with E-state index in [9.17, 15) is 0 Å². The van der Waals surface area contributed by atoms with Gasteiger partial charge in [-0.15, -0.1) is 0 Å². The summed E-state index contributed by atoms with van der Waals surface area (Å²) in [7, 11) is 3.80. The number of hydrogen-bond donors (Lipinski definition) is 2. The Morgan fingerprint density at radius 1 is 1.55 bits per heavy atom. The molecule has 1 atom stereocenters. The number of halogens is 1. The number of rotatable bonds is 7. The predicted octanol–water partition coefficient (Wildman–Crippen LogP) is 2.08. The number of nitrogens with one attached hydrogen (secondary N) is 1. The molecule has 1 fully saturated rings. The molecule has 1 saturated carbocycles. The maximum atomic E-state index is 5.75. The highest BCUT2D eigenvalue weighted by atomic mass is 79.9. The van der Waals surface area contributed by atoms with Gasteiger partial charge in [0.05, 0.1) is 21.5 Å². The molecule has 0 amide bonds. The maximum absolute atomic E-state index is 5.75. The molecular formula is C14H25BrN4O. The van der Waals surface area contributed by atoms with Crippen LogP contribution in [0.25, 0.3) is 0 Å². The minimum absolute atomic E-state index is 0.0235. The zero-order valence-electron chi connectivity index (χ0n) is 12.6. The largest absolute Gasteiger partial charge is 0.378 e. The van der Waals surface area contributed by atoms with Crippen LogP contribution in [0.1, 0.15) is 44.0 Å². The van der Waals surface area contributed by atoms with Crippen LogP contribution in [0.4, 0.5) is 0 Å². The molecule has 6 heteroatoms. The van der Waals surface area contributed by atoms with Gasteiger partial charge in [0.25, 0.3) is 0 Å². The van der Waals surface area contributed by atoms with E-state index < -0.39 is 0 Å². The molecule has 1 aliphatic carbocycles. The molecule has 3 N–H and O–H groups in total. The Balaban J connectivity index is 2.08. The van der Waals surface area contributed by atoms with Crippen LogP contribution < -0.4 is 11.3 Å². The molecule has 1 heterocycles. The van der Waals surface area contributed by atoms with Crippen molar-refractivity contribution < 1.29 is 4.74 Å². The summed E-state index contributed by atoms with van der Waals surface area (Å²) in [6.45, 7) is 2.11. The average molecular weight is 345 g/mol. The van der Waals surface area contributed by atoms with Gasteiger partial charge in [0.15, 0.2) is 0 Å². The fraction of sp³-hybridized carbons (Fsp3) is 0.786. The first-order chi connectivity index (χ1) is 9.55. The molecule has 20 heavy (non-hydrogen) atoms. The van der Waals surface area contributed by atoms with E-state index in [4.69, 9.17) is 10.6 Å². The van der Waals surface area contributed by atoms with Gasteiger partial charge in [0, 0.05) is 26.6 Å². The number of methoxy groups -OCH3 is 1. The van der Waals surface area contributed by atoms with E-state index in [1.54, 1.807) is 0 Å². The van der Waals surface area contributed by atoms with Crippen LogP contribution in [0.15, 0.2) is 4.47 Å². The minimum Gasteiger partial charge on any atom is -0.378 e. The summed E-state index contributed by atoms with van der Waals surface area (Å²) < 4.78 is 8.77. The summed E-state index contributed by atoms with van der Waals surface area (Å²) in [6, 6.07) is 0.201. The molecule has 0 aliphatic heterocycles. The van der Waals surface area contributed by atoms with Crippen LogP contribution in [0.3, 0.4) is 0 Å². The Bertz CT molecular complexity index is 451. The van der Waals surface area contributed by atoms with Crippen molar-refractivity contribution in [2.45, 2.75) is 57.1 Å². The number of hydrazine groups is 1. The Morgan fingerprint density at radius 2 is 2.25 bits per heavy atom. The van der Waals surface area contributed by atoms with Gasteiger partial charge >= 0.3 is 0 Å². The van der Waals surface area contributed by atoms with Gasteiger partial charge in [-0.3, -0.25) is 16.0 Å². The third-order valence-electron chi connectivity index (χ3n) is 4.49. The molecule has 1 aromatic rings. The maximum Gasteiger partial charge on any atom is 0.0766 e. The Morgan fingerprint density at radius 3 is 2.65 bits per heavy atom. The number of aromatic nitrogens is 2. The van der Waals surface area contributed by atoms with Gasteiger partial charge < -0.3 is 4.74 Å². The summed E-state index contributed by atoms with van der Waals surface area (Å²) >= 11 is 3.66. The number of ether oxygens (including phenoxy) is 1. The van der Waals surface area contributed by atoms with Crippen LogP contribution in [-0.2, 0) is 24.6 Å². The predicted molar refractivity (Wildman–Crippen MR) is 83.3 cm³/mol.